The number of furan rings is 2. The van der Waals surface area contributed by atoms with E-state index in [0.29, 0.717) is 17.1 Å². The second-order valence-electron chi connectivity index (χ2n) is 12.5. The maximum atomic E-state index is 6.49. The normalized spacial score (nSPS) is 12.5. The molecule has 5 aromatic heterocycles. The third-order valence-electron chi connectivity index (χ3n) is 9.46. The Balaban J connectivity index is 1.14. The van der Waals surface area contributed by atoms with Crippen LogP contribution in [-0.4, -0.2) is 23.9 Å². The predicted molar refractivity (Wildman–Crippen MR) is 206 cm³/mol. The van der Waals surface area contributed by atoms with E-state index in [-0.39, 0.29) is 0 Å². The number of rotatable bonds is 6. The lowest BCUT2D eigenvalue weighted by atomic mass is 10.0. The van der Waals surface area contributed by atoms with Gasteiger partial charge in [0, 0.05) is 27.6 Å². The molecule has 242 valence electrons. The fraction of sp³-hybridized carbons (Fsp3) is 0.0227. The molecule has 7 nitrogen and oxygen atoms in total. The molecule has 5 heterocycles. The Labute approximate surface area is 291 Å². The molecule has 10 rings (SSSR count). The molecule has 7 heteroatoms. The molecule has 0 unspecified atom stereocenters. The van der Waals surface area contributed by atoms with Gasteiger partial charge in [-0.2, -0.15) is 0 Å². The number of hydrogen-bond donors (Lipinski definition) is 0. The van der Waals surface area contributed by atoms with Crippen molar-refractivity contribution in [1.82, 2.24) is 23.9 Å². The minimum atomic E-state index is 0.608. The molecular formula is C44H29N5O2. The number of aromatic nitrogens is 5. The minimum Gasteiger partial charge on any atom is -0.452 e. The zero-order valence-electron chi connectivity index (χ0n) is 27.6. The van der Waals surface area contributed by atoms with E-state index in [0.717, 1.165) is 83.4 Å². The van der Waals surface area contributed by atoms with Crippen molar-refractivity contribution in [2.45, 2.75) is 6.92 Å². The first-order chi connectivity index (χ1) is 25.2. The number of hydrogen-bond acceptors (Lipinski definition) is 5. The molecule has 0 aliphatic heterocycles. The van der Waals surface area contributed by atoms with Gasteiger partial charge in [0.2, 0.25) is 11.5 Å². The van der Waals surface area contributed by atoms with Gasteiger partial charge < -0.3 is 8.83 Å². The van der Waals surface area contributed by atoms with Gasteiger partial charge in [-0.25, -0.2) is 19.4 Å². The summed E-state index contributed by atoms with van der Waals surface area (Å²) < 4.78 is 17.1. The lowest BCUT2D eigenvalue weighted by Gasteiger charge is -2.08. The molecule has 5 aromatic carbocycles. The third kappa shape index (κ3) is 4.41. The van der Waals surface area contributed by atoms with Crippen molar-refractivity contribution in [3.63, 3.8) is 0 Å². The molecule has 0 aliphatic rings. The van der Waals surface area contributed by atoms with Crippen molar-refractivity contribution in [1.29, 1.82) is 0 Å². The topological polar surface area (TPSA) is 74.3 Å². The SMILES string of the molecule is C=C/C(=C\C=C/C)c1nc(-c2cccc(-c3ccc4c(c3)nc3n(-c5ccccc5)c5c6ccccc6oc5n43)c2)nc2c1oc1ccccc12. The van der Waals surface area contributed by atoms with Gasteiger partial charge in [-0.1, -0.05) is 97.6 Å². The first-order valence-corrected chi connectivity index (χ1v) is 16.9. The Hall–Kier alpha value is -6.99. The van der Waals surface area contributed by atoms with Crippen LogP contribution in [0.1, 0.15) is 12.6 Å². The van der Waals surface area contributed by atoms with Gasteiger partial charge in [-0.15, -0.1) is 0 Å². The molecule has 0 N–H and O–H groups in total. The van der Waals surface area contributed by atoms with Crippen LogP contribution in [-0.2, 0) is 0 Å². The lowest BCUT2D eigenvalue weighted by Crippen LogP contribution is -1.96. The van der Waals surface area contributed by atoms with Crippen LogP contribution in [0, 0.1) is 0 Å². The predicted octanol–water partition coefficient (Wildman–Crippen LogP) is 11.3. The molecule has 0 amide bonds. The van der Waals surface area contributed by atoms with Crippen LogP contribution in [0.4, 0.5) is 0 Å². The summed E-state index contributed by atoms with van der Waals surface area (Å²) >= 11 is 0. The van der Waals surface area contributed by atoms with E-state index >= 15 is 0 Å². The summed E-state index contributed by atoms with van der Waals surface area (Å²) in [6.45, 7) is 6.06. The Bertz CT molecular complexity index is 3060. The Morgan fingerprint density at radius 2 is 1.45 bits per heavy atom. The molecule has 0 atom stereocenters. The molecule has 0 radical (unpaired) electrons. The van der Waals surface area contributed by atoms with Gasteiger partial charge in [0.25, 0.3) is 0 Å². The first-order valence-electron chi connectivity index (χ1n) is 16.9. The van der Waals surface area contributed by atoms with Crippen molar-refractivity contribution >= 4 is 66.7 Å². The standard InChI is InChI=1S/C44H29N5O2/c1-3-5-14-27(4-2)38-41-39(32-19-9-11-21-36(32)50-41)47-42(46-38)30-16-13-15-28(25-30)29-23-24-35-34(26-29)45-44-48(31-17-7-6-8-18-31)40-33-20-10-12-22-37(33)51-43(40)49(35)44/h3-26H,2H2,1H3/b5-3-,27-14+. The summed E-state index contributed by atoms with van der Waals surface area (Å²) in [5.41, 5.74) is 12.2. The number of allylic oxidation sites excluding steroid dienone is 5. The summed E-state index contributed by atoms with van der Waals surface area (Å²) in [6.07, 6.45) is 7.75. The average Bonchev–Trinajstić information content (AvgIpc) is 3.93. The van der Waals surface area contributed by atoms with Gasteiger partial charge in [-0.05, 0) is 72.6 Å². The van der Waals surface area contributed by atoms with Gasteiger partial charge >= 0.3 is 0 Å². The third-order valence-corrected chi connectivity index (χ3v) is 9.46. The molecule has 10 aromatic rings. The highest BCUT2D eigenvalue weighted by atomic mass is 16.3. The Kier molecular flexibility index (Phi) is 6.41. The van der Waals surface area contributed by atoms with Crippen molar-refractivity contribution in [3.8, 4) is 28.2 Å². The monoisotopic (exact) mass is 659 g/mol. The largest absolute Gasteiger partial charge is 0.452 e. The van der Waals surface area contributed by atoms with Crippen molar-refractivity contribution in [3.05, 3.63) is 158 Å². The number of benzene rings is 5. The smallest absolute Gasteiger partial charge is 0.232 e. The Morgan fingerprint density at radius 1 is 0.706 bits per heavy atom. The number of nitrogens with zero attached hydrogens (tertiary/aromatic N) is 5. The van der Waals surface area contributed by atoms with E-state index in [2.05, 4.69) is 64.1 Å². The summed E-state index contributed by atoms with van der Waals surface area (Å²) in [5, 5.41) is 1.99. The van der Waals surface area contributed by atoms with Gasteiger partial charge in [-0.3, -0.25) is 4.57 Å². The van der Waals surface area contributed by atoms with Crippen LogP contribution >= 0.6 is 0 Å². The summed E-state index contributed by atoms with van der Waals surface area (Å²) in [4.78, 5) is 15.4. The van der Waals surface area contributed by atoms with E-state index in [9.17, 15) is 0 Å². The highest BCUT2D eigenvalue weighted by molar-refractivity contribution is 6.07. The second kappa shape index (κ2) is 11.3. The minimum absolute atomic E-state index is 0.608. The maximum Gasteiger partial charge on any atom is 0.232 e. The van der Waals surface area contributed by atoms with Crippen LogP contribution in [0.2, 0.25) is 0 Å². The van der Waals surface area contributed by atoms with E-state index in [1.807, 2.05) is 97.9 Å². The van der Waals surface area contributed by atoms with Crippen molar-refractivity contribution < 1.29 is 8.83 Å². The number of imidazole rings is 2. The van der Waals surface area contributed by atoms with Crippen LogP contribution in [0.5, 0.6) is 0 Å². The fourth-order valence-electron chi connectivity index (χ4n) is 7.10. The number of para-hydroxylation sites is 3. The molecule has 51 heavy (non-hydrogen) atoms. The molecule has 0 saturated heterocycles. The molecule has 0 aliphatic carbocycles. The lowest BCUT2D eigenvalue weighted by molar-refractivity contribution is 0.651. The van der Waals surface area contributed by atoms with Crippen LogP contribution in [0.3, 0.4) is 0 Å². The summed E-state index contributed by atoms with van der Waals surface area (Å²) in [5.74, 6) is 1.41. The van der Waals surface area contributed by atoms with Crippen LogP contribution < -0.4 is 0 Å². The molecule has 0 saturated carbocycles. The quantitative estimate of drug-likeness (QED) is 0.166. The molecular weight excluding hydrogens is 631 g/mol. The highest BCUT2D eigenvalue weighted by Gasteiger charge is 2.23. The zero-order chi connectivity index (χ0) is 34.1. The van der Waals surface area contributed by atoms with E-state index in [4.69, 9.17) is 23.8 Å². The van der Waals surface area contributed by atoms with Gasteiger partial charge in [0.15, 0.2) is 11.4 Å². The molecule has 0 bridgehead atoms. The van der Waals surface area contributed by atoms with E-state index < -0.39 is 0 Å². The number of fused-ring (bicyclic) bond motifs is 10. The van der Waals surface area contributed by atoms with Crippen molar-refractivity contribution in [2.75, 3.05) is 0 Å². The maximum absolute atomic E-state index is 6.49. The van der Waals surface area contributed by atoms with E-state index in [1.165, 1.54) is 0 Å². The van der Waals surface area contributed by atoms with Gasteiger partial charge in [0.05, 0.1) is 11.0 Å². The Morgan fingerprint density at radius 3 is 2.27 bits per heavy atom. The first kappa shape index (κ1) is 29.0. The second-order valence-corrected chi connectivity index (χ2v) is 12.5. The fourth-order valence-corrected chi connectivity index (χ4v) is 7.10. The van der Waals surface area contributed by atoms with Crippen LogP contribution in [0.15, 0.2) is 161 Å². The summed E-state index contributed by atoms with van der Waals surface area (Å²) in [7, 11) is 0. The van der Waals surface area contributed by atoms with Crippen molar-refractivity contribution in [2.24, 2.45) is 0 Å². The highest BCUT2D eigenvalue weighted by Crippen LogP contribution is 2.38. The average molecular weight is 660 g/mol. The van der Waals surface area contributed by atoms with Gasteiger partial charge in [0.1, 0.15) is 27.9 Å². The van der Waals surface area contributed by atoms with E-state index in [1.54, 1.807) is 6.08 Å². The molecule has 0 spiro atoms. The van der Waals surface area contributed by atoms with Crippen LogP contribution in [0.25, 0.3) is 94.9 Å². The summed E-state index contributed by atoms with van der Waals surface area (Å²) in [6, 6.07) is 41.2. The zero-order valence-corrected chi connectivity index (χ0v) is 27.6. The molecule has 0 fully saturated rings.